The summed E-state index contributed by atoms with van der Waals surface area (Å²) >= 11 is 0. The van der Waals surface area contributed by atoms with Crippen molar-refractivity contribution in [2.45, 2.75) is 5.92 Å². The Hall–Kier alpha value is -2.30. The van der Waals surface area contributed by atoms with Gasteiger partial charge in [0.15, 0.2) is 24.5 Å². The van der Waals surface area contributed by atoms with Crippen LogP contribution in [0.2, 0.25) is 0 Å². The van der Waals surface area contributed by atoms with Crippen LogP contribution < -0.4 is 4.74 Å². The standard InChI is InChI=1S/C15H11F3O2/c16-13-8-4-5-11(9-19)14(13)20-10-15(17,18)12-6-2-1-3-7-12/h1-9H,10H2. The summed E-state index contributed by atoms with van der Waals surface area (Å²) in [6.45, 7) is -1.04. The predicted molar refractivity (Wildman–Crippen MR) is 67.6 cm³/mol. The first-order valence-corrected chi connectivity index (χ1v) is 5.84. The molecule has 2 nitrogen and oxygen atoms in total. The molecule has 0 N–H and O–H groups in total. The van der Waals surface area contributed by atoms with Crippen LogP contribution in [0.4, 0.5) is 13.2 Å². The number of aldehydes is 1. The van der Waals surface area contributed by atoms with Crippen LogP contribution in [-0.4, -0.2) is 12.9 Å². The van der Waals surface area contributed by atoms with Crippen LogP contribution in [0.25, 0.3) is 0 Å². The molecule has 20 heavy (non-hydrogen) atoms. The number of para-hydroxylation sites is 1. The molecule has 0 heterocycles. The molecule has 104 valence electrons. The topological polar surface area (TPSA) is 26.3 Å². The van der Waals surface area contributed by atoms with Gasteiger partial charge >= 0.3 is 5.92 Å². The molecule has 0 radical (unpaired) electrons. The average Bonchev–Trinajstić information content (AvgIpc) is 2.46. The van der Waals surface area contributed by atoms with Crippen molar-refractivity contribution in [2.24, 2.45) is 0 Å². The number of rotatable bonds is 5. The van der Waals surface area contributed by atoms with Crippen molar-refractivity contribution in [1.82, 2.24) is 0 Å². The van der Waals surface area contributed by atoms with Gasteiger partial charge in [-0.05, 0) is 12.1 Å². The van der Waals surface area contributed by atoms with Gasteiger partial charge in [-0.15, -0.1) is 0 Å². The molecule has 0 fully saturated rings. The lowest BCUT2D eigenvalue weighted by atomic mass is 10.1. The lowest BCUT2D eigenvalue weighted by molar-refractivity contribution is -0.0476. The number of carbonyl (C=O) groups excluding carboxylic acids is 1. The van der Waals surface area contributed by atoms with E-state index in [2.05, 4.69) is 0 Å². The van der Waals surface area contributed by atoms with E-state index in [4.69, 9.17) is 4.74 Å². The maximum Gasteiger partial charge on any atom is 0.306 e. The molecular weight excluding hydrogens is 269 g/mol. The fourth-order valence-corrected chi connectivity index (χ4v) is 1.70. The zero-order valence-corrected chi connectivity index (χ0v) is 10.4. The summed E-state index contributed by atoms with van der Waals surface area (Å²) in [7, 11) is 0. The minimum atomic E-state index is -3.27. The summed E-state index contributed by atoms with van der Waals surface area (Å²) in [5.74, 6) is -4.58. The minimum absolute atomic E-state index is 0.103. The lowest BCUT2D eigenvalue weighted by Gasteiger charge is -2.18. The number of carbonyl (C=O) groups is 1. The molecule has 0 spiro atoms. The van der Waals surface area contributed by atoms with Gasteiger partial charge < -0.3 is 4.74 Å². The number of halogens is 3. The molecule has 2 rings (SSSR count). The monoisotopic (exact) mass is 280 g/mol. The van der Waals surface area contributed by atoms with Gasteiger partial charge in [-0.2, -0.15) is 8.78 Å². The Labute approximate surface area is 113 Å². The predicted octanol–water partition coefficient (Wildman–Crippen LogP) is 3.81. The molecule has 0 bridgehead atoms. The number of benzene rings is 2. The van der Waals surface area contributed by atoms with Crippen molar-refractivity contribution in [3.8, 4) is 5.75 Å². The molecule has 0 aliphatic heterocycles. The summed E-state index contributed by atoms with van der Waals surface area (Å²) in [6, 6.07) is 10.7. The maximum absolute atomic E-state index is 13.9. The molecule has 0 aromatic heterocycles. The van der Waals surface area contributed by atoms with Crippen molar-refractivity contribution < 1.29 is 22.7 Å². The summed E-state index contributed by atoms with van der Waals surface area (Å²) in [4.78, 5) is 10.7. The highest BCUT2D eigenvalue weighted by Crippen LogP contribution is 2.30. The smallest absolute Gasteiger partial charge is 0.306 e. The van der Waals surface area contributed by atoms with Gasteiger partial charge in [0.2, 0.25) is 0 Å². The van der Waals surface area contributed by atoms with Gasteiger partial charge in [0.05, 0.1) is 5.56 Å². The molecule has 5 heteroatoms. The first kappa shape index (κ1) is 14.1. The van der Waals surface area contributed by atoms with Crippen LogP contribution in [0, 0.1) is 5.82 Å². The highest BCUT2D eigenvalue weighted by molar-refractivity contribution is 5.79. The molecule has 0 saturated carbocycles. The molecule has 0 unspecified atom stereocenters. The normalized spacial score (nSPS) is 11.2. The number of alkyl halides is 2. The maximum atomic E-state index is 13.9. The van der Waals surface area contributed by atoms with Crippen LogP contribution in [0.5, 0.6) is 5.75 Å². The van der Waals surface area contributed by atoms with E-state index in [0.717, 1.165) is 6.07 Å². The van der Waals surface area contributed by atoms with E-state index in [-0.39, 0.29) is 11.1 Å². The third-order valence-electron chi connectivity index (χ3n) is 2.72. The largest absolute Gasteiger partial charge is 0.483 e. The van der Waals surface area contributed by atoms with Gasteiger partial charge in [-0.3, -0.25) is 4.79 Å². The Kier molecular flexibility index (Phi) is 4.08. The Morgan fingerprint density at radius 2 is 1.75 bits per heavy atom. The molecule has 0 aliphatic rings. The van der Waals surface area contributed by atoms with Gasteiger partial charge in [0.1, 0.15) is 0 Å². The van der Waals surface area contributed by atoms with Crippen LogP contribution in [0.15, 0.2) is 48.5 Å². The Morgan fingerprint density at radius 3 is 2.40 bits per heavy atom. The van der Waals surface area contributed by atoms with Crippen LogP contribution in [0.1, 0.15) is 15.9 Å². The second kappa shape index (κ2) is 5.77. The Bertz CT molecular complexity index is 597. The quantitative estimate of drug-likeness (QED) is 0.778. The lowest BCUT2D eigenvalue weighted by Crippen LogP contribution is -2.23. The van der Waals surface area contributed by atoms with E-state index in [1.807, 2.05) is 0 Å². The van der Waals surface area contributed by atoms with Gasteiger partial charge in [-0.1, -0.05) is 36.4 Å². The summed E-state index contributed by atoms with van der Waals surface area (Å²) in [6.07, 6.45) is 0.360. The van der Waals surface area contributed by atoms with E-state index in [0.29, 0.717) is 6.29 Å². The minimum Gasteiger partial charge on any atom is -0.483 e. The van der Waals surface area contributed by atoms with Crippen molar-refractivity contribution >= 4 is 6.29 Å². The van der Waals surface area contributed by atoms with Crippen molar-refractivity contribution in [3.63, 3.8) is 0 Å². The molecule has 0 atom stereocenters. The second-order valence-electron chi connectivity index (χ2n) is 4.14. The Morgan fingerprint density at radius 1 is 1.05 bits per heavy atom. The summed E-state index contributed by atoms with van der Waals surface area (Å²) < 4.78 is 46.1. The highest BCUT2D eigenvalue weighted by atomic mass is 19.3. The summed E-state index contributed by atoms with van der Waals surface area (Å²) in [5.41, 5.74) is -0.335. The molecular formula is C15H11F3O2. The molecule has 0 saturated heterocycles. The third-order valence-corrected chi connectivity index (χ3v) is 2.72. The molecule has 2 aromatic rings. The van der Waals surface area contributed by atoms with E-state index >= 15 is 0 Å². The SMILES string of the molecule is O=Cc1cccc(F)c1OCC(F)(F)c1ccccc1. The van der Waals surface area contributed by atoms with E-state index in [9.17, 15) is 18.0 Å². The van der Waals surface area contributed by atoms with Crippen molar-refractivity contribution in [1.29, 1.82) is 0 Å². The van der Waals surface area contributed by atoms with Gasteiger partial charge in [0, 0.05) is 5.56 Å². The number of hydrogen-bond acceptors (Lipinski definition) is 2. The zero-order valence-electron chi connectivity index (χ0n) is 10.4. The van der Waals surface area contributed by atoms with E-state index in [1.165, 1.54) is 36.4 Å². The first-order chi connectivity index (χ1) is 9.54. The van der Waals surface area contributed by atoms with Gasteiger partial charge in [0.25, 0.3) is 0 Å². The zero-order chi connectivity index (χ0) is 14.6. The van der Waals surface area contributed by atoms with Crippen LogP contribution >= 0.6 is 0 Å². The molecule has 0 aliphatic carbocycles. The van der Waals surface area contributed by atoms with Crippen molar-refractivity contribution in [3.05, 3.63) is 65.5 Å². The van der Waals surface area contributed by atoms with E-state index < -0.39 is 24.1 Å². The van der Waals surface area contributed by atoms with Crippen LogP contribution in [-0.2, 0) is 5.92 Å². The highest BCUT2D eigenvalue weighted by Gasteiger charge is 2.33. The second-order valence-corrected chi connectivity index (χ2v) is 4.14. The fraction of sp³-hybridized carbons (Fsp3) is 0.133. The summed E-state index contributed by atoms with van der Waals surface area (Å²) in [5, 5.41) is 0. The average molecular weight is 280 g/mol. The van der Waals surface area contributed by atoms with Crippen molar-refractivity contribution in [2.75, 3.05) is 6.61 Å². The third kappa shape index (κ3) is 2.99. The fourth-order valence-electron chi connectivity index (χ4n) is 1.70. The Balaban J connectivity index is 2.19. The van der Waals surface area contributed by atoms with Gasteiger partial charge in [-0.25, -0.2) is 4.39 Å². The number of hydrogen-bond donors (Lipinski definition) is 0. The molecule has 2 aromatic carbocycles. The first-order valence-electron chi connectivity index (χ1n) is 5.84. The number of ether oxygens (including phenoxy) is 1. The molecule has 0 amide bonds. The van der Waals surface area contributed by atoms with Crippen LogP contribution in [0.3, 0.4) is 0 Å². The van der Waals surface area contributed by atoms with E-state index in [1.54, 1.807) is 6.07 Å².